The molecule has 2 rings (SSSR count). The molecule has 0 radical (unpaired) electrons. The highest BCUT2D eigenvalue weighted by Crippen LogP contribution is 2.16. The van der Waals surface area contributed by atoms with Crippen LogP contribution in [0, 0.1) is 0 Å². The van der Waals surface area contributed by atoms with Gasteiger partial charge >= 0.3 is 0 Å². The van der Waals surface area contributed by atoms with E-state index >= 15 is 0 Å². The van der Waals surface area contributed by atoms with Gasteiger partial charge in [0.25, 0.3) is 0 Å². The third-order valence-electron chi connectivity index (χ3n) is 3.28. The zero-order valence-corrected chi connectivity index (χ0v) is 13.4. The molecule has 0 saturated heterocycles. The normalized spacial score (nSPS) is 16.1. The van der Waals surface area contributed by atoms with Crippen molar-refractivity contribution in [1.29, 1.82) is 0 Å². The molecule has 1 N–H and O–H groups in total. The highest BCUT2D eigenvalue weighted by Gasteiger charge is 2.24. The third-order valence-corrected chi connectivity index (χ3v) is 4.70. The number of nitrogens with zero attached hydrogens (tertiary/aromatic N) is 1. The number of unbranched alkanes of at least 4 members (excludes halogenated alkanes) is 1. The molecular weight excluding hydrogens is 304 g/mol. The van der Waals surface area contributed by atoms with Crippen LogP contribution in [0.4, 0.5) is 0 Å². The zero-order valence-electron chi connectivity index (χ0n) is 12.5. The van der Waals surface area contributed by atoms with Gasteiger partial charge in [0.15, 0.2) is 9.84 Å². The molecule has 0 fully saturated rings. The van der Waals surface area contributed by atoms with E-state index in [4.69, 9.17) is 4.74 Å². The van der Waals surface area contributed by atoms with Crippen LogP contribution in [0.25, 0.3) is 0 Å². The molecular formula is C15H20N2O4S. The Hall–Kier alpha value is -1.89. The van der Waals surface area contributed by atoms with E-state index in [1.807, 2.05) is 6.07 Å². The summed E-state index contributed by atoms with van der Waals surface area (Å²) in [4.78, 5) is 16.1. The van der Waals surface area contributed by atoms with Crippen molar-refractivity contribution < 1.29 is 17.9 Å². The first-order chi connectivity index (χ1) is 10.5. The molecule has 22 heavy (non-hydrogen) atoms. The monoisotopic (exact) mass is 324 g/mol. The summed E-state index contributed by atoms with van der Waals surface area (Å²) >= 11 is 0. The second-order valence-corrected chi connectivity index (χ2v) is 7.25. The molecule has 1 aromatic heterocycles. The SMILES string of the molecule is CCCCOc1ncccc1CNC(=O)C1=CCS(=O)(=O)C1. The first kappa shape index (κ1) is 16.5. The van der Waals surface area contributed by atoms with Crippen LogP contribution < -0.4 is 10.1 Å². The number of carbonyl (C=O) groups is 1. The summed E-state index contributed by atoms with van der Waals surface area (Å²) in [5.41, 5.74) is 1.07. The summed E-state index contributed by atoms with van der Waals surface area (Å²) < 4.78 is 28.3. The lowest BCUT2D eigenvalue weighted by Crippen LogP contribution is -2.26. The maximum absolute atomic E-state index is 12.0. The fraction of sp³-hybridized carbons (Fsp3) is 0.467. The Labute approximate surface area is 130 Å². The van der Waals surface area contributed by atoms with Crippen molar-refractivity contribution >= 4 is 15.7 Å². The number of rotatable bonds is 7. The molecule has 1 aliphatic rings. The standard InChI is InChI=1S/C15H20N2O4S/c1-2-3-8-21-15-12(5-4-7-16-15)10-17-14(18)13-6-9-22(19,20)11-13/h4-7H,2-3,8-11H2,1H3,(H,17,18). The molecule has 0 unspecified atom stereocenters. The number of hydrogen-bond donors (Lipinski definition) is 1. The van der Waals surface area contributed by atoms with E-state index in [0.717, 1.165) is 18.4 Å². The Morgan fingerprint density at radius 3 is 2.95 bits per heavy atom. The van der Waals surface area contributed by atoms with Crippen LogP contribution in [-0.2, 0) is 21.2 Å². The maximum atomic E-state index is 12.0. The van der Waals surface area contributed by atoms with E-state index < -0.39 is 9.84 Å². The van der Waals surface area contributed by atoms with Crippen LogP contribution >= 0.6 is 0 Å². The molecule has 6 nitrogen and oxygen atoms in total. The quantitative estimate of drug-likeness (QED) is 0.763. The molecule has 1 aromatic rings. The number of pyridine rings is 1. The molecule has 0 aliphatic carbocycles. The number of aromatic nitrogens is 1. The van der Waals surface area contributed by atoms with E-state index in [2.05, 4.69) is 17.2 Å². The average Bonchev–Trinajstić information content (AvgIpc) is 2.86. The number of amides is 1. The van der Waals surface area contributed by atoms with Crippen molar-refractivity contribution in [1.82, 2.24) is 10.3 Å². The predicted molar refractivity (Wildman–Crippen MR) is 83.2 cm³/mol. The van der Waals surface area contributed by atoms with Crippen molar-refractivity contribution in [3.8, 4) is 5.88 Å². The summed E-state index contributed by atoms with van der Waals surface area (Å²) in [5.74, 6) is -0.103. The van der Waals surface area contributed by atoms with Crippen molar-refractivity contribution in [3.05, 3.63) is 35.5 Å². The molecule has 0 bridgehead atoms. The van der Waals surface area contributed by atoms with Crippen LogP contribution in [0.15, 0.2) is 30.0 Å². The highest BCUT2D eigenvalue weighted by atomic mass is 32.2. The van der Waals surface area contributed by atoms with Gasteiger partial charge in [0.1, 0.15) is 0 Å². The van der Waals surface area contributed by atoms with Gasteiger partial charge < -0.3 is 10.1 Å². The topological polar surface area (TPSA) is 85.4 Å². The molecule has 0 saturated carbocycles. The number of sulfone groups is 1. The second-order valence-electron chi connectivity index (χ2n) is 5.14. The van der Waals surface area contributed by atoms with Gasteiger partial charge in [-0.05, 0) is 12.5 Å². The highest BCUT2D eigenvalue weighted by molar-refractivity contribution is 7.92. The second kappa shape index (κ2) is 7.40. The summed E-state index contributed by atoms with van der Waals surface area (Å²) in [5, 5.41) is 2.72. The number of hydrogen-bond acceptors (Lipinski definition) is 5. The minimum absolute atomic E-state index is 0.0615. The number of nitrogens with one attached hydrogen (secondary N) is 1. The van der Waals surface area contributed by atoms with Gasteiger partial charge in [-0.3, -0.25) is 4.79 Å². The van der Waals surface area contributed by atoms with E-state index in [-0.39, 0.29) is 24.0 Å². The van der Waals surface area contributed by atoms with Crippen molar-refractivity contribution in [2.45, 2.75) is 26.3 Å². The first-order valence-corrected chi connectivity index (χ1v) is 9.08. The lowest BCUT2D eigenvalue weighted by molar-refractivity contribution is -0.117. The molecule has 1 aliphatic heterocycles. The molecule has 0 atom stereocenters. The summed E-state index contributed by atoms with van der Waals surface area (Å²) in [7, 11) is -3.14. The van der Waals surface area contributed by atoms with Crippen molar-refractivity contribution in [2.75, 3.05) is 18.1 Å². The number of ether oxygens (including phenoxy) is 1. The van der Waals surface area contributed by atoms with Crippen LogP contribution in [0.5, 0.6) is 5.88 Å². The zero-order chi connectivity index (χ0) is 16.0. The number of carbonyl (C=O) groups excluding carboxylic acids is 1. The van der Waals surface area contributed by atoms with Crippen LogP contribution in [0.2, 0.25) is 0 Å². The lowest BCUT2D eigenvalue weighted by Gasteiger charge is -2.11. The van der Waals surface area contributed by atoms with Gasteiger partial charge in [0.2, 0.25) is 11.8 Å². The first-order valence-electron chi connectivity index (χ1n) is 7.26. The molecule has 0 spiro atoms. The minimum Gasteiger partial charge on any atom is -0.477 e. The summed E-state index contributed by atoms with van der Waals surface area (Å²) in [6.07, 6.45) is 5.07. The Morgan fingerprint density at radius 1 is 1.45 bits per heavy atom. The van der Waals surface area contributed by atoms with E-state index in [1.165, 1.54) is 6.08 Å². The van der Waals surface area contributed by atoms with Gasteiger partial charge in [0, 0.05) is 23.9 Å². The Bertz CT molecular complexity index is 668. The molecule has 7 heteroatoms. The molecule has 120 valence electrons. The van der Waals surface area contributed by atoms with Gasteiger partial charge in [-0.1, -0.05) is 25.5 Å². The third kappa shape index (κ3) is 4.56. The lowest BCUT2D eigenvalue weighted by atomic mass is 10.2. The van der Waals surface area contributed by atoms with E-state index in [9.17, 15) is 13.2 Å². The predicted octanol–water partition coefficient (Wildman–Crippen LogP) is 1.23. The minimum atomic E-state index is -3.14. The van der Waals surface area contributed by atoms with Gasteiger partial charge in [-0.2, -0.15) is 0 Å². The van der Waals surface area contributed by atoms with Crippen LogP contribution in [0.1, 0.15) is 25.3 Å². The van der Waals surface area contributed by atoms with E-state index in [1.54, 1.807) is 12.3 Å². The van der Waals surface area contributed by atoms with Crippen molar-refractivity contribution in [3.63, 3.8) is 0 Å². The molecule has 2 heterocycles. The Kier molecular flexibility index (Phi) is 5.54. The fourth-order valence-corrected chi connectivity index (χ4v) is 3.33. The van der Waals surface area contributed by atoms with Gasteiger partial charge in [-0.25, -0.2) is 13.4 Å². The van der Waals surface area contributed by atoms with Crippen molar-refractivity contribution in [2.24, 2.45) is 0 Å². The average molecular weight is 324 g/mol. The molecule has 0 aromatic carbocycles. The molecule has 1 amide bonds. The van der Waals surface area contributed by atoms with Crippen LogP contribution in [-0.4, -0.2) is 37.4 Å². The smallest absolute Gasteiger partial charge is 0.248 e. The van der Waals surface area contributed by atoms with Crippen LogP contribution in [0.3, 0.4) is 0 Å². The summed E-state index contributed by atoms with van der Waals surface area (Å²) in [6.45, 7) is 2.91. The Balaban J connectivity index is 1.93. The Morgan fingerprint density at radius 2 is 2.27 bits per heavy atom. The van der Waals surface area contributed by atoms with Gasteiger partial charge in [0.05, 0.1) is 18.1 Å². The largest absolute Gasteiger partial charge is 0.477 e. The fourth-order valence-electron chi connectivity index (χ4n) is 2.03. The summed E-state index contributed by atoms with van der Waals surface area (Å²) in [6, 6.07) is 3.60. The van der Waals surface area contributed by atoms with Gasteiger partial charge in [-0.15, -0.1) is 0 Å². The maximum Gasteiger partial charge on any atom is 0.248 e. The van der Waals surface area contributed by atoms with E-state index in [0.29, 0.717) is 18.1 Å².